The molecule has 0 spiro atoms. The van der Waals surface area contributed by atoms with E-state index < -0.39 is 0 Å². The minimum absolute atomic E-state index is 0.288. The third-order valence-corrected chi connectivity index (χ3v) is 2.02. The van der Waals surface area contributed by atoms with Gasteiger partial charge < -0.3 is 4.90 Å². The van der Waals surface area contributed by atoms with Crippen molar-refractivity contribution in [3.63, 3.8) is 0 Å². The first-order valence-corrected chi connectivity index (χ1v) is 4.08. The number of likely N-dealkylation sites (N-methyl/N-ethyl adjacent to an activating group) is 1. The molecule has 2 rings (SSSR count). The van der Waals surface area contributed by atoms with Crippen LogP contribution in [0.3, 0.4) is 0 Å². The molecule has 0 saturated carbocycles. The predicted octanol–water partition coefficient (Wildman–Crippen LogP) is 1.58. The van der Waals surface area contributed by atoms with Gasteiger partial charge in [0.15, 0.2) is 6.34 Å². The monoisotopic (exact) mass is 159 g/mol. The molecule has 1 atom stereocenters. The van der Waals surface area contributed by atoms with E-state index in [2.05, 4.69) is 23.5 Å². The van der Waals surface area contributed by atoms with Crippen molar-refractivity contribution >= 4 is 6.34 Å². The van der Waals surface area contributed by atoms with E-state index in [0.717, 1.165) is 6.54 Å². The van der Waals surface area contributed by atoms with Gasteiger partial charge in [0.25, 0.3) is 0 Å². The molecule has 0 fully saturated rings. The van der Waals surface area contributed by atoms with Gasteiger partial charge in [0.2, 0.25) is 0 Å². The van der Waals surface area contributed by atoms with Crippen LogP contribution in [0.4, 0.5) is 0 Å². The molecule has 0 aromatic heterocycles. The van der Waals surface area contributed by atoms with Gasteiger partial charge in [-0.1, -0.05) is 30.3 Å². The third-order valence-electron chi connectivity index (χ3n) is 2.02. The van der Waals surface area contributed by atoms with Crippen molar-refractivity contribution in [3.05, 3.63) is 35.9 Å². The van der Waals surface area contributed by atoms with Crippen LogP contribution in [-0.4, -0.2) is 24.8 Å². The van der Waals surface area contributed by atoms with E-state index in [1.54, 1.807) is 0 Å². The summed E-state index contributed by atoms with van der Waals surface area (Å²) in [6.45, 7) is 0.948. The summed E-state index contributed by atoms with van der Waals surface area (Å²) in [7, 11) is 1.99. The van der Waals surface area contributed by atoms with Crippen LogP contribution in [0.25, 0.3) is 0 Å². The van der Waals surface area contributed by atoms with Crippen LogP contribution in [0.15, 0.2) is 35.3 Å². The first-order chi connectivity index (χ1) is 5.86. The van der Waals surface area contributed by atoms with Crippen LogP contribution in [0, 0.1) is 0 Å². The second kappa shape index (κ2) is 2.97. The Balaban J connectivity index is 2.18. The Bertz CT molecular complexity index is 279. The number of aliphatic imine (C=N–C) groups is 1. The Labute approximate surface area is 72.5 Å². The fourth-order valence-corrected chi connectivity index (χ4v) is 1.36. The second-order valence-electron chi connectivity index (χ2n) is 3.04. The maximum atomic E-state index is 4.26. The molecule has 61 valence electrons. The van der Waals surface area contributed by atoms with Crippen LogP contribution in [-0.2, 0) is 0 Å². The van der Waals surface area contributed by atoms with Gasteiger partial charge in [-0.2, -0.15) is 0 Å². The molecule has 0 aliphatic carbocycles. The summed E-state index contributed by atoms with van der Waals surface area (Å²) < 4.78 is 0. The van der Waals surface area contributed by atoms with Crippen LogP contribution in [0.1, 0.15) is 11.6 Å². The van der Waals surface area contributed by atoms with E-state index in [1.807, 2.05) is 30.1 Å². The van der Waals surface area contributed by atoms with Crippen molar-refractivity contribution in [2.24, 2.45) is 4.99 Å². The van der Waals surface area contributed by atoms with E-state index >= 15 is 0 Å². The van der Waals surface area contributed by atoms with Crippen molar-refractivity contribution < 1.29 is 0 Å². The highest BCUT2D eigenvalue weighted by Gasteiger charge is 2.15. The van der Waals surface area contributed by atoms with E-state index in [9.17, 15) is 0 Å². The third kappa shape index (κ3) is 1.33. The van der Waals surface area contributed by atoms with Gasteiger partial charge >= 0.3 is 0 Å². The Morgan fingerprint density at radius 1 is 1.42 bits per heavy atom. The van der Waals surface area contributed by atoms with Gasteiger partial charge in [0.1, 0.15) is 0 Å². The lowest BCUT2D eigenvalue weighted by molar-refractivity contribution is 0.515. The van der Waals surface area contributed by atoms with E-state index in [-0.39, 0.29) is 6.04 Å². The summed E-state index contributed by atoms with van der Waals surface area (Å²) in [4.78, 5) is 6.25. The Morgan fingerprint density at radius 2 is 2.17 bits per heavy atom. The average Bonchev–Trinajstić information content (AvgIpc) is 2.54. The molecule has 0 N–H and O–H groups in total. The maximum absolute atomic E-state index is 4.26. The van der Waals surface area contributed by atoms with Gasteiger partial charge in [0.05, 0.1) is 6.04 Å². The van der Waals surface area contributed by atoms with E-state index in [0.29, 0.717) is 0 Å². The standard InChI is InChI=1S/C10H11N2/c1-12-7-10(11-8-12)9-5-3-2-4-6-9/h2-6,10H,7H2,1H3. The molecule has 1 unspecified atom stereocenters. The van der Waals surface area contributed by atoms with Gasteiger partial charge in [-0.05, 0) is 5.56 Å². The second-order valence-corrected chi connectivity index (χ2v) is 3.04. The Morgan fingerprint density at radius 3 is 2.75 bits per heavy atom. The summed E-state index contributed by atoms with van der Waals surface area (Å²) in [5.74, 6) is 0. The molecule has 1 radical (unpaired) electrons. The van der Waals surface area contributed by atoms with Gasteiger partial charge in [-0.15, -0.1) is 0 Å². The molecule has 2 heteroatoms. The summed E-state index contributed by atoms with van der Waals surface area (Å²) >= 11 is 0. The highest BCUT2D eigenvalue weighted by molar-refractivity contribution is 5.58. The molecule has 0 bridgehead atoms. The minimum atomic E-state index is 0.288. The number of hydrogen-bond donors (Lipinski definition) is 0. The quantitative estimate of drug-likeness (QED) is 0.607. The molecule has 1 heterocycles. The highest BCUT2D eigenvalue weighted by Crippen LogP contribution is 2.20. The molecule has 1 aromatic rings. The van der Waals surface area contributed by atoms with Gasteiger partial charge in [0, 0.05) is 13.6 Å². The first-order valence-electron chi connectivity index (χ1n) is 4.08. The van der Waals surface area contributed by atoms with Crippen LogP contribution in [0.5, 0.6) is 0 Å². The van der Waals surface area contributed by atoms with E-state index in [4.69, 9.17) is 0 Å². The maximum Gasteiger partial charge on any atom is 0.167 e. The van der Waals surface area contributed by atoms with Crippen LogP contribution >= 0.6 is 0 Å². The lowest BCUT2D eigenvalue weighted by atomic mass is 10.1. The average molecular weight is 159 g/mol. The summed E-state index contributed by atoms with van der Waals surface area (Å²) in [6, 6.07) is 10.6. The molecule has 1 aromatic carbocycles. The molecule has 12 heavy (non-hydrogen) atoms. The fraction of sp³-hybridized carbons (Fsp3) is 0.300. The number of nitrogens with zero attached hydrogens (tertiary/aromatic N) is 2. The van der Waals surface area contributed by atoms with E-state index in [1.165, 1.54) is 5.56 Å². The van der Waals surface area contributed by atoms with Crippen molar-refractivity contribution in [2.75, 3.05) is 13.6 Å². The predicted molar refractivity (Wildman–Crippen MR) is 49.2 cm³/mol. The lowest BCUT2D eigenvalue weighted by Gasteiger charge is -2.09. The first kappa shape index (κ1) is 7.35. The zero-order valence-electron chi connectivity index (χ0n) is 7.07. The fourth-order valence-electron chi connectivity index (χ4n) is 1.36. The normalized spacial score (nSPS) is 21.8. The smallest absolute Gasteiger partial charge is 0.167 e. The lowest BCUT2D eigenvalue weighted by Crippen LogP contribution is -2.14. The van der Waals surface area contributed by atoms with Crippen molar-refractivity contribution in [3.8, 4) is 0 Å². The van der Waals surface area contributed by atoms with Crippen molar-refractivity contribution in [2.45, 2.75) is 6.04 Å². The molecule has 1 aliphatic rings. The highest BCUT2D eigenvalue weighted by atomic mass is 15.2. The Kier molecular flexibility index (Phi) is 1.82. The van der Waals surface area contributed by atoms with Gasteiger partial charge in [-0.25, -0.2) is 0 Å². The molecular weight excluding hydrogens is 148 g/mol. The van der Waals surface area contributed by atoms with Crippen LogP contribution < -0.4 is 0 Å². The summed E-state index contributed by atoms with van der Waals surface area (Å²) in [6.07, 6.45) is 2.93. The molecular formula is C10H11N2. The van der Waals surface area contributed by atoms with Crippen LogP contribution in [0.2, 0.25) is 0 Å². The Hall–Kier alpha value is -1.31. The summed E-state index contributed by atoms with van der Waals surface area (Å²) in [5.41, 5.74) is 1.27. The zero-order valence-corrected chi connectivity index (χ0v) is 7.07. The summed E-state index contributed by atoms with van der Waals surface area (Å²) in [5, 5.41) is 0. The van der Waals surface area contributed by atoms with Crippen molar-refractivity contribution in [1.82, 2.24) is 4.90 Å². The van der Waals surface area contributed by atoms with Crippen molar-refractivity contribution in [1.29, 1.82) is 0 Å². The number of rotatable bonds is 1. The minimum Gasteiger partial charge on any atom is -0.354 e. The molecule has 0 amide bonds. The molecule has 2 nitrogen and oxygen atoms in total. The number of hydrogen-bond acceptors (Lipinski definition) is 2. The number of benzene rings is 1. The molecule has 0 saturated heterocycles. The zero-order chi connectivity index (χ0) is 8.39. The molecule has 1 aliphatic heterocycles. The largest absolute Gasteiger partial charge is 0.354 e. The SMILES string of the molecule is CN1[C]=NC(c2ccccc2)C1. The topological polar surface area (TPSA) is 15.6 Å². The van der Waals surface area contributed by atoms with Gasteiger partial charge in [-0.3, -0.25) is 4.99 Å².